The van der Waals surface area contributed by atoms with Gasteiger partial charge < -0.3 is 15.8 Å². The summed E-state index contributed by atoms with van der Waals surface area (Å²) in [5.41, 5.74) is 5.37. The second-order valence-corrected chi connectivity index (χ2v) is 3.51. The quantitative estimate of drug-likeness (QED) is 0.682. The molecule has 0 bridgehead atoms. The number of carbonyl (C=O) groups is 1. The first-order chi connectivity index (χ1) is 6.02. The van der Waals surface area contributed by atoms with Crippen molar-refractivity contribution in [3.8, 4) is 0 Å². The number of rotatable bonds is 5. The fourth-order valence-electron chi connectivity index (χ4n) is 0.611. The maximum absolute atomic E-state index is 11.0. The summed E-state index contributed by atoms with van der Waals surface area (Å²) in [5, 5.41) is 2.61. The van der Waals surface area contributed by atoms with E-state index >= 15 is 0 Å². The molecule has 0 fully saturated rings. The van der Waals surface area contributed by atoms with Crippen molar-refractivity contribution in [2.24, 2.45) is 5.73 Å². The van der Waals surface area contributed by atoms with Gasteiger partial charge in [0.15, 0.2) is 0 Å². The van der Waals surface area contributed by atoms with Crippen molar-refractivity contribution >= 4 is 6.09 Å². The molecule has 0 aromatic carbocycles. The number of nitrogens with two attached hydrogens (primary N) is 1. The molecule has 1 atom stereocenters. The van der Waals surface area contributed by atoms with Gasteiger partial charge in [0.1, 0.15) is 6.61 Å². The lowest BCUT2D eigenvalue weighted by atomic mass is 10.0. The highest BCUT2D eigenvalue weighted by molar-refractivity contribution is 5.67. The molecule has 0 radical (unpaired) electrons. The average Bonchev–Trinajstić information content (AvgIpc) is 2.11. The Morgan fingerprint density at radius 2 is 2.15 bits per heavy atom. The number of hydrogen-bond acceptors (Lipinski definition) is 3. The summed E-state index contributed by atoms with van der Waals surface area (Å²) in [4.78, 5) is 11.0. The normalized spacial score (nSPS) is 14.8. The van der Waals surface area contributed by atoms with Gasteiger partial charge in [-0.15, -0.1) is 0 Å². The van der Waals surface area contributed by atoms with Crippen molar-refractivity contribution in [2.75, 3.05) is 13.2 Å². The van der Waals surface area contributed by atoms with E-state index < -0.39 is 5.54 Å². The van der Waals surface area contributed by atoms with Crippen LogP contribution in [0.2, 0.25) is 0 Å². The van der Waals surface area contributed by atoms with E-state index in [4.69, 9.17) is 10.5 Å². The van der Waals surface area contributed by atoms with Gasteiger partial charge >= 0.3 is 6.09 Å². The van der Waals surface area contributed by atoms with Gasteiger partial charge in [-0.1, -0.05) is 13.8 Å². The molecule has 78 valence electrons. The number of amides is 1. The largest absolute Gasteiger partial charge is 0.448 e. The SMILES string of the molecule is CCCNC(=O)OCC(C)(N)CC. The molecular formula is C9H20N2O2. The fraction of sp³-hybridized carbons (Fsp3) is 0.889. The van der Waals surface area contributed by atoms with Gasteiger partial charge in [0.2, 0.25) is 0 Å². The van der Waals surface area contributed by atoms with Crippen LogP contribution in [-0.4, -0.2) is 24.8 Å². The minimum Gasteiger partial charge on any atom is -0.448 e. The molecule has 0 saturated heterocycles. The predicted molar refractivity (Wildman–Crippen MR) is 52.5 cm³/mol. The van der Waals surface area contributed by atoms with Crippen LogP contribution in [-0.2, 0) is 4.74 Å². The molecule has 0 spiro atoms. The Morgan fingerprint density at radius 3 is 2.62 bits per heavy atom. The van der Waals surface area contributed by atoms with Crippen LogP contribution in [0.3, 0.4) is 0 Å². The molecule has 0 saturated carbocycles. The van der Waals surface area contributed by atoms with E-state index in [2.05, 4.69) is 5.32 Å². The predicted octanol–water partition coefficient (Wildman–Crippen LogP) is 1.25. The van der Waals surface area contributed by atoms with Crippen LogP contribution >= 0.6 is 0 Å². The second-order valence-electron chi connectivity index (χ2n) is 3.51. The minimum absolute atomic E-state index is 0.263. The lowest BCUT2D eigenvalue weighted by Crippen LogP contribution is -2.42. The van der Waals surface area contributed by atoms with E-state index in [1.165, 1.54) is 0 Å². The molecule has 0 aliphatic heterocycles. The van der Waals surface area contributed by atoms with Crippen LogP contribution in [0.1, 0.15) is 33.6 Å². The average molecular weight is 188 g/mol. The number of alkyl carbamates (subject to hydrolysis) is 1. The van der Waals surface area contributed by atoms with E-state index in [9.17, 15) is 4.79 Å². The lowest BCUT2D eigenvalue weighted by Gasteiger charge is -2.21. The molecule has 4 heteroatoms. The molecule has 13 heavy (non-hydrogen) atoms. The van der Waals surface area contributed by atoms with Gasteiger partial charge in [-0.05, 0) is 19.8 Å². The standard InChI is InChI=1S/C9H20N2O2/c1-4-6-11-8(12)13-7-9(3,10)5-2/h4-7,10H2,1-3H3,(H,11,12). The molecule has 0 aliphatic rings. The third-order valence-electron chi connectivity index (χ3n) is 1.86. The van der Waals surface area contributed by atoms with Crippen LogP contribution in [0.5, 0.6) is 0 Å². The minimum atomic E-state index is -0.413. The Labute approximate surface area is 79.8 Å². The maximum Gasteiger partial charge on any atom is 0.407 e. The highest BCUT2D eigenvalue weighted by atomic mass is 16.5. The topological polar surface area (TPSA) is 64.3 Å². The number of hydrogen-bond donors (Lipinski definition) is 2. The summed E-state index contributed by atoms with van der Waals surface area (Å²) in [7, 11) is 0. The summed E-state index contributed by atoms with van der Waals surface area (Å²) in [6.45, 7) is 6.72. The van der Waals surface area contributed by atoms with Crippen LogP contribution < -0.4 is 11.1 Å². The van der Waals surface area contributed by atoms with Crippen molar-refractivity contribution in [1.82, 2.24) is 5.32 Å². The first-order valence-corrected chi connectivity index (χ1v) is 4.71. The van der Waals surface area contributed by atoms with Gasteiger partial charge in [0.25, 0.3) is 0 Å². The molecule has 0 aromatic rings. The zero-order valence-electron chi connectivity index (χ0n) is 8.72. The van der Waals surface area contributed by atoms with Gasteiger partial charge in [-0.2, -0.15) is 0 Å². The summed E-state index contributed by atoms with van der Waals surface area (Å²) in [6, 6.07) is 0. The first-order valence-electron chi connectivity index (χ1n) is 4.71. The monoisotopic (exact) mass is 188 g/mol. The van der Waals surface area contributed by atoms with E-state index in [0.717, 1.165) is 12.8 Å². The number of carbonyl (C=O) groups excluding carboxylic acids is 1. The van der Waals surface area contributed by atoms with Crippen molar-refractivity contribution < 1.29 is 9.53 Å². The van der Waals surface area contributed by atoms with Crippen molar-refractivity contribution in [3.05, 3.63) is 0 Å². The fourth-order valence-corrected chi connectivity index (χ4v) is 0.611. The zero-order valence-corrected chi connectivity index (χ0v) is 8.72. The maximum atomic E-state index is 11.0. The van der Waals surface area contributed by atoms with E-state index in [1.807, 2.05) is 20.8 Å². The summed E-state index contributed by atoms with van der Waals surface area (Å²) in [5.74, 6) is 0. The van der Waals surface area contributed by atoms with Crippen LogP contribution in [0.15, 0.2) is 0 Å². The lowest BCUT2D eigenvalue weighted by molar-refractivity contribution is 0.119. The van der Waals surface area contributed by atoms with E-state index in [1.54, 1.807) is 0 Å². The Kier molecular flexibility index (Phi) is 5.46. The third-order valence-corrected chi connectivity index (χ3v) is 1.86. The van der Waals surface area contributed by atoms with Crippen LogP contribution in [0.25, 0.3) is 0 Å². The molecule has 1 amide bonds. The van der Waals surface area contributed by atoms with Crippen molar-refractivity contribution in [2.45, 2.75) is 39.2 Å². The highest BCUT2D eigenvalue weighted by Gasteiger charge is 2.17. The van der Waals surface area contributed by atoms with E-state index in [0.29, 0.717) is 6.54 Å². The van der Waals surface area contributed by atoms with Gasteiger partial charge in [0.05, 0.1) is 0 Å². The van der Waals surface area contributed by atoms with Gasteiger partial charge in [-0.25, -0.2) is 4.79 Å². The van der Waals surface area contributed by atoms with Crippen molar-refractivity contribution in [1.29, 1.82) is 0 Å². The third kappa shape index (κ3) is 6.40. The Balaban J connectivity index is 3.57. The van der Waals surface area contributed by atoms with Crippen molar-refractivity contribution in [3.63, 3.8) is 0 Å². The molecule has 0 heterocycles. The molecular weight excluding hydrogens is 168 g/mol. The first kappa shape index (κ1) is 12.2. The van der Waals surface area contributed by atoms with E-state index in [-0.39, 0.29) is 12.7 Å². The highest BCUT2D eigenvalue weighted by Crippen LogP contribution is 2.04. The summed E-state index contributed by atoms with van der Waals surface area (Å²) >= 11 is 0. The summed E-state index contributed by atoms with van der Waals surface area (Å²) < 4.78 is 4.92. The van der Waals surface area contributed by atoms with Crippen LogP contribution in [0, 0.1) is 0 Å². The molecule has 0 aromatic heterocycles. The molecule has 4 nitrogen and oxygen atoms in total. The number of ether oxygens (including phenoxy) is 1. The number of nitrogens with one attached hydrogen (secondary N) is 1. The second kappa shape index (κ2) is 5.80. The molecule has 0 aliphatic carbocycles. The zero-order chi connectivity index (χ0) is 10.3. The molecule has 1 unspecified atom stereocenters. The Morgan fingerprint density at radius 1 is 1.54 bits per heavy atom. The molecule has 0 rings (SSSR count). The Bertz CT molecular complexity index is 158. The smallest absolute Gasteiger partial charge is 0.407 e. The van der Waals surface area contributed by atoms with Gasteiger partial charge in [0, 0.05) is 12.1 Å². The van der Waals surface area contributed by atoms with Gasteiger partial charge in [-0.3, -0.25) is 0 Å². The summed E-state index contributed by atoms with van der Waals surface area (Å²) in [6.07, 6.45) is 1.31. The Hall–Kier alpha value is -0.770. The molecule has 3 N–H and O–H groups in total. The van der Waals surface area contributed by atoms with Crippen LogP contribution in [0.4, 0.5) is 4.79 Å².